The molecule has 0 aliphatic rings. The Bertz CT molecular complexity index is 925. The van der Waals surface area contributed by atoms with Crippen molar-refractivity contribution in [3.63, 3.8) is 0 Å². The first kappa shape index (κ1) is 19.1. The van der Waals surface area contributed by atoms with Crippen molar-refractivity contribution in [3.05, 3.63) is 71.6 Å². The number of rotatable bonds is 7. The van der Waals surface area contributed by atoms with Crippen LogP contribution in [0.25, 0.3) is 6.08 Å². The van der Waals surface area contributed by atoms with Crippen LogP contribution in [0.15, 0.2) is 58.9 Å². The standard InChI is InChI=1S/C19H16FN3O2S2/c1-25-16-9-4-13(5-10-16)6-11-17(24)21-18-22-23-19(27-18)26-12-14-2-7-15(20)8-3-14/h2-11H,12H2,1H3,(H,21,22,24). The molecule has 2 aromatic carbocycles. The van der Waals surface area contributed by atoms with Gasteiger partial charge in [-0.3, -0.25) is 10.1 Å². The monoisotopic (exact) mass is 401 g/mol. The lowest BCUT2D eigenvalue weighted by atomic mass is 10.2. The summed E-state index contributed by atoms with van der Waals surface area (Å²) in [6.45, 7) is 0. The maximum absolute atomic E-state index is 12.9. The summed E-state index contributed by atoms with van der Waals surface area (Å²) < 4.78 is 18.7. The molecule has 5 nitrogen and oxygen atoms in total. The van der Waals surface area contributed by atoms with E-state index in [1.807, 2.05) is 24.3 Å². The lowest BCUT2D eigenvalue weighted by Gasteiger charge is -1.99. The molecule has 1 aromatic heterocycles. The van der Waals surface area contributed by atoms with Crippen LogP contribution in [0, 0.1) is 5.82 Å². The van der Waals surface area contributed by atoms with E-state index in [0.717, 1.165) is 21.2 Å². The first-order valence-electron chi connectivity index (χ1n) is 7.96. The summed E-state index contributed by atoms with van der Waals surface area (Å²) in [6.07, 6.45) is 3.15. The molecule has 0 unspecified atom stereocenters. The number of halogens is 1. The Kier molecular flexibility index (Phi) is 6.56. The number of hydrogen-bond acceptors (Lipinski definition) is 6. The van der Waals surface area contributed by atoms with Gasteiger partial charge in [0, 0.05) is 11.8 Å². The van der Waals surface area contributed by atoms with Crippen LogP contribution in [-0.4, -0.2) is 23.2 Å². The van der Waals surface area contributed by atoms with Gasteiger partial charge in [0.1, 0.15) is 11.6 Å². The number of amides is 1. The molecule has 3 aromatic rings. The Morgan fingerprint density at radius 2 is 1.93 bits per heavy atom. The second kappa shape index (κ2) is 9.29. The quantitative estimate of drug-likeness (QED) is 0.355. The molecule has 1 heterocycles. The fourth-order valence-corrected chi connectivity index (χ4v) is 3.79. The van der Waals surface area contributed by atoms with Crippen LogP contribution >= 0.6 is 23.1 Å². The normalized spacial score (nSPS) is 10.9. The minimum absolute atomic E-state index is 0.257. The van der Waals surface area contributed by atoms with Crippen molar-refractivity contribution in [1.82, 2.24) is 10.2 Å². The van der Waals surface area contributed by atoms with Crippen LogP contribution in [-0.2, 0) is 10.5 Å². The highest BCUT2D eigenvalue weighted by Gasteiger charge is 2.07. The molecule has 0 spiro atoms. The third-order valence-corrected chi connectivity index (χ3v) is 5.50. The highest BCUT2D eigenvalue weighted by Crippen LogP contribution is 2.28. The summed E-state index contributed by atoms with van der Waals surface area (Å²) in [6, 6.07) is 13.7. The summed E-state index contributed by atoms with van der Waals surface area (Å²) in [5.41, 5.74) is 1.88. The van der Waals surface area contributed by atoms with Crippen molar-refractivity contribution in [1.29, 1.82) is 0 Å². The van der Waals surface area contributed by atoms with E-state index in [0.29, 0.717) is 10.9 Å². The number of ether oxygens (including phenoxy) is 1. The van der Waals surface area contributed by atoms with Gasteiger partial charge >= 0.3 is 0 Å². The molecule has 0 aliphatic carbocycles. The van der Waals surface area contributed by atoms with Crippen molar-refractivity contribution in [2.24, 2.45) is 0 Å². The van der Waals surface area contributed by atoms with Crippen LogP contribution in [0.3, 0.4) is 0 Å². The fraction of sp³-hybridized carbons (Fsp3) is 0.105. The van der Waals surface area contributed by atoms with E-state index in [4.69, 9.17) is 4.74 Å². The third-order valence-electron chi connectivity index (χ3n) is 3.46. The van der Waals surface area contributed by atoms with Gasteiger partial charge in [0.25, 0.3) is 0 Å². The van der Waals surface area contributed by atoms with Crippen molar-refractivity contribution in [2.75, 3.05) is 12.4 Å². The summed E-state index contributed by atoms with van der Waals surface area (Å²) in [5, 5.41) is 11.1. The van der Waals surface area contributed by atoms with Gasteiger partial charge in [-0.2, -0.15) is 0 Å². The average molecular weight is 401 g/mol. The Morgan fingerprint density at radius 1 is 1.19 bits per heavy atom. The third kappa shape index (κ3) is 5.90. The predicted molar refractivity (Wildman–Crippen MR) is 107 cm³/mol. The van der Waals surface area contributed by atoms with E-state index in [1.54, 1.807) is 25.3 Å². The predicted octanol–water partition coefficient (Wildman–Crippen LogP) is 4.63. The minimum atomic E-state index is -0.281. The molecule has 0 fully saturated rings. The number of anilines is 1. The molecule has 8 heteroatoms. The molecule has 0 radical (unpaired) electrons. The lowest BCUT2D eigenvalue weighted by molar-refractivity contribution is -0.111. The molecular weight excluding hydrogens is 385 g/mol. The number of nitrogens with zero attached hydrogens (tertiary/aromatic N) is 2. The average Bonchev–Trinajstić information content (AvgIpc) is 3.13. The molecule has 0 bridgehead atoms. The topological polar surface area (TPSA) is 64.1 Å². The zero-order chi connectivity index (χ0) is 19.1. The first-order valence-corrected chi connectivity index (χ1v) is 9.76. The zero-order valence-electron chi connectivity index (χ0n) is 14.4. The highest BCUT2D eigenvalue weighted by atomic mass is 32.2. The molecule has 138 valence electrons. The van der Waals surface area contributed by atoms with Gasteiger partial charge < -0.3 is 4.74 Å². The number of hydrogen-bond donors (Lipinski definition) is 1. The van der Waals surface area contributed by atoms with E-state index in [2.05, 4.69) is 15.5 Å². The Labute approximate surface area is 164 Å². The number of thioether (sulfide) groups is 1. The summed E-state index contributed by atoms with van der Waals surface area (Å²) in [5.74, 6) is 0.876. The maximum atomic E-state index is 12.9. The second-order valence-electron chi connectivity index (χ2n) is 5.38. The maximum Gasteiger partial charge on any atom is 0.250 e. The van der Waals surface area contributed by atoms with Gasteiger partial charge in [-0.1, -0.05) is 47.4 Å². The van der Waals surface area contributed by atoms with E-state index in [9.17, 15) is 9.18 Å². The Hall–Kier alpha value is -2.71. The molecule has 0 saturated heterocycles. The van der Waals surface area contributed by atoms with E-state index in [-0.39, 0.29) is 11.7 Å². The number of carbonyl (C=O) groups excluding carboxylic acids is 1. The van der Waals surface area contributed by atoms with Crippen molar-refractivity contribution in [2.45, 2.75) is 10.1 Å². The Morgan fingerprint density at radius 3 is 2.63 bits per heavy atom. The molecule has 1 amide bonds. The van der Waals surface area contributed by atoms with Crippen LogP contribution in [0.1, 0.15) is 11.1 Å². The summed E-state index contributed by atoms with van der Waals surface area (Å²) in [7, 11) is 1.60. The fourth-order valence-electron chi connectivity index (χ4n) is 2.08. The number of benzene rings is 2. The molecular formula is C19H16FN3O2S2. The van der Waals surface area contributed by atoms with Gasteiger partial charge in [-0.15, -0.1) is 10.2 Å². The zero-order valence-corrected chi connectivity index (χ0v) is 16.0. The SMILES string of the molecule is COc1ccc(C=CC(=O)Nc2nnc(SCc3ccc(F)cc3)s2)cc1. The molecule has 0 atom stereocenters. The first-order chi connectivity index (χ1) is 13.1. The largest absolute Gasteiger partial charge is 0.497 e. The second-order valence-corrected chi connectivity index (χ2v) is 7.58. The van der Waals surface area contributed by atoms with Gasteiger partial charge in [0.2, 0.25) is 11.0 Å². The Balaban J connectivity index is 1.51. The number of nitrogens with one attached hydrogen (secondary N) is 1. The smallest absolute Gasteiger partial charge is 0.250 e. The summed E-state index contributed by atoms with van der Waals surface area (Å²) in [4.78, 5) is 12.0. The molecule has 0 saturated carbocycles. The molecule has 27 heavy (non-hydrogen) atoms. The molecule has 0 aliphatic heterocycles. The lowest BCUT2D eigenvalue weighted by Crippen LogP contribution is -2.07. The van der Waals surface area contributed by atoms with Crippen molar-refractivity contribution >= 4 is 40.2 Å². The van der Waals surface area contributed by atoms with Crippen molar-refractivity contribution in [3.8, 4) is 5.75 Å². The molecule has 3 rings (SSSR count). The number of methoxy groups -OCH3 is 1. The van der Waals surface area contributed by atoms with Crippen LogP contribution in [0.4, 0.5) is 9.52 Å². The van der Waals surface area contributed by atoms with Crippen molar-refractivity contribution < 1.29 is 13.9 Å². The highest BCUT2D eigenvalue weighted by molar-refractivity contribution is 8.00. The number of carbonyl (C=O) groups is 1. The van der Waals surface area contributed by atoms with E-state index < -0.39 is 0 Å². The van der Waals surface area contributed by atoms with Gasteiger partial charge in [0.15, 0.2) is 4.34 Å². The van der Waals surface area contributed by atoms with E-state index >= 15 is 0 Å². The summed E-state index contributed by atoms with van der Waals surface area (Å²) >= 11 is 2.78. The van der Waals surface area contributed by atoms with Gasteiger partial charge in [-0.05, 0) is 41.5 Å². The minimum Gasteiger partial charge on any atom is -0.497 e. The van der Waals surface area contributed by atoms with Gasteiger partial charge in [-0.25, -0.2) is 4.39 Å². The van der Waals surface area contributed by atoms with E-state index in [1.165, 1.54) is 41.3 Å². The molecule has 1 N–H and O–H groups in total. The van der Waals surface area contributed by atoms with Gasteiger partial charge in [0.05, 0.1) is 7.11 Å². The number of aromatic nitrogens is 2. The van der Waals surface area contributed by atoms with Crippen LogP contribution < -0.4 is 10.1 Å². The van der Waals surface area contributed by atoms with Crippen LogP contribution in [0.5, 0.6) is 5.75 Å². The van der Waals surface area contributed by atoms with Crippen LogP contribution in [0.2, 0.25) is 0 Å².